The number of likely N-dealkylation sites (tertiary alicyclic amines) is 1. The first-order valence-electron chi connectivity index (χ1n) is 13.4. The number of rotatable bonds is 10. The number of fused-ring (bicyclic) bond motifs is 1. The van der Waals surface area contributed by atoms with Gasteiger partial charge in [0.25, 0.3) is 17.3 Å². The number of nitrogens with one attached hydrogen (secondary N) is 2. The quantitative estimate of drug-likeness (QED) is 0.198. The van der Waals surface area contributed by atoms with Gasteiger partial charge in [0.1, 0.15) is 12.3 Å². The maximum Gasteiger partial charge on any atom is 0.293 e. The van der Waals surface area contributed by atoms with Gasteiger partial charge in [-0.05, 0) is 50.2 Å². The number of anilines is 2. The Morgan fingerprint density at radius 3 is 2.60 bits per heavy atom. The van der Waals surface area contributed by atoms with Gasteiger partial charge in [-0.25, -0.2) is 4.98 Å². The zero-order chi connectivity index (χ0) is 30.0. The number of aliphatic hydroxyl groups excluding tert-OH is 1. The predicted molar refractivity (Wildman–Crippen MR) is 160 cm³/mol. The third kappa shape index (κ3) is 6.37. The van der Waals surface area contributed by atoms with Gasteiger partial charge in [-0.3, -0.25) is 9.59 Å². The topological polar surface area (TPSA) is 147 Å². The van der Waals surface area contributed by atoms with Gasteiger partial charge in [0.2, 0.25) is 5.95 Å². The van der Waals surface area contributed by atoms with Crippen molar-refractivity contribution in [3.8, 4) is 11.1 Å². The number of pyridine rings is 1. The highest BCUT2D eigenvalue weighted by Crippen LogP contribution is 2.34. The van der Waals surface area contributed by atoms with Gasteiger partial charge in [0.05, 0.1) is 21.3 Å². The van der Waals surface area contributed by atoms with E-state index in [-0.39, 0.29) is 38.7 Å². The van der Waals surface area contributed by atoms with Crippen LogP contribution in [0.15, 0.2) is 47.5 Å². The maximum atomic E-state index is 13.6. The van der Waals surface area contributed by atoms with Gasteiger partial charge in [-0.15, -0.1) is 4.73 Å². The Kier molecular flexibility index (Phi) is 8.71. The monoisotopic (exact) mass is 615 g/mol. The van der Waals surface area contributed by atoms with Gasteiger partial charge in [0.15, 0.2) is 5.65 Å². The van der Waals surface area contributed by atoms with E-state index in [2.05, 4.69) is 25.5 Å². The Morgan fingerprint density at radius 1 is 1.19 bits per heavy atom. The van der Waals surface area contributed by atoms with Crippen molar-refractivity contribution < 1.29 is 19.8 Å². The third-order valence-corrected chi connectivity index (χ3v) is 7.55. The van der Waals surface area contributed by atoms with Gasteiger partial charge in [-0.2, -0.15) is 4.98 Å². The minimum Gasteiger partial charge on any atom is -0.389 e. The SMILES string of the molecule is Cn1cc(Nc2ncc3cc(-c4c(Cl)cccc4Cl)c(=O)n(OC(C)(O)CO)c3n2)cc1C(=O)NCCN1CCCC1. The molecule has 1 atom stereocenters. The molecule has 0 bridgehead atoms. The van der Waals surface area contributed by atoms with E-state index in [0.29, 0.717) is 23.3 Å². The predicted octanol–water partition coefficient (Wildman–Crippen LogP) is 2.80. The number of carbonyl (C=O) groups excluding carboxylic acids is 1. The van der Waals surface area contributed by atoms with E-state index >= 15 is 0 Å². The van der Waals surface area contributed by atoms with E-state index in [1.165, 1.54) is 32.0 Å². The van der Waals surface area contributed by atoms with Crippen molar-refractivity contribution in [3.05, 3.63) is 68.8 Å². The summed E-state index contributed by atoms with van der Waals surface area (Å²) in [7, 11) is 1.76. The average molecular weight is 617 g/mol. The van der Waals surface area contributed by atoms with Gasteiger partial charge in [-0.1, -0.05) is 29.3 Å². The molecular formula is C28H31Cl2N7O5. The highest BCUT2D eigenvalue weighted by molar-refractivity contribution is 6.39. The van der Waals surface area contributed by atoms with Crippen LogP contribution in [0, 0.1) is 0 Å². The highest BCUT2D eigenvalue weighted by atomic mass is 35.5. The summed E-state index contributed by atoms with van der Waals surface area (Å²) in [5, 5.41) is 26.9. The molecule has 1 saturated heterocycles. The molecule has 1 aliphatic rings. The van der Waals surface area contributed by atoms with Crippen LogP contribution in [0.3, 0.4) is 0 Å². The number of carbonyl (C=O) groups is 1. The third-order valence-electron chi connectivity index (χ3n) is 6.92. The number of aliphatic hydroxyl groups is 2. The number of aromatic nitrogens is 4. The summed E-state index contributed by atoms with van der Waals surface area (Å²) in [5.74, 6) is -2.23. The normalized spacial score (nSPS) is 15.1. The summed E-state index contributed by atoms with van der Waals surface area (Å²) in [4.78, 5) is 43.1. The van der Waals surface area contributed by atoms with Crippen LogP contribution in [0.25, 0.3) is 22.2 Å². The van der Waals surface area contributed by atoms with Crippen molar-refractivity contribution in [1.29, 1.82) is 0 Å². The van der Waals surface area contributed by atoms with Crippen LogP contribution in [0.5, 0.6) is 0 Å². The first-order valence-corrected chi connectivity index (χ1v) is 14.2. The lowest BCUT2D eigenvalue weighted by Gasteiger charge is -2.24. The molecule has 0 aliphatic carbocycles. The molecule has 5 rings (SSSR count). The van der Waals surface area contributed by atoms with Crippen LogP contribution in [0.1, 0.15) is 30.3 Å². The van der Waals surface area contributed by atoms with E-state index in [0.717, 1.165) is 24.4 Å². The average Bonchev–Trinajstić information content (AvgIpc) is 3.60. The Labute approximate surface area is 251 Å². The zero-order valence-corrected chi connectivity index (χ0v) is 24.6. The molecule has 4 N–H and O–H groups in total. The van der Waals surface area contributed by atoms with Gasteiger partial charge < -0.3 is 35.2 Å². The second-order valence-electron chi connectivity index (χ2n) is 10.3. The number of aryl methyl sites for hydroxylation is 1. The fourth-order valence-corrected chi connectivity index (χ4v) is 5.39. The van der Waals surface area contributed by atoms with Crippen molar-refractivity contribution in [1.82, 2.24) is 29.5 Å². The number of nitrogens with zero attached hydrogens (tertiary/aromatic N) is 5. The zero-order valence-electron chi connectivity index (χ0n) is 23.1. The number of hydrogen-bond donors (Lipinski definition) is 4. The summed E-state index contributed by atoms with van der Waals surface area (Å²) in [6.07, 6.45) is 5.56. The minimum absolute atomic E-state index is 0.00830. The van der Waals surface area contributed by atoms with Gasteiger partial charge in [0, 0.05) is 50.4 Å². The number of benzene rings is 1. The fourth-order valence-electron chi connectivity index (χ4n) is 4.79. The summed E-state index contributed by atoms with van der Waals surface area (Å²) in [5.41, 5.74) is 0.627. The molecular weight excluding hydrogens is 585 g/mol. The van der Waals surface area contributed by atoms with E-state index in [9.17, 15) is 19.8 Å². The minimum atomic E-state index is -2.12. The summed E-state index contributed by atoms with van der Waals surface area (Å²) in [6.45, 7) is 3.88. The molecule has 222 valence electrons. The van der Waals surface area contributed by atoms with Crippen LogP contribution in [-0.4, -0.2) is 78.9 Å². The molecule has 1 aliphatic heterocycles. The Hall–Kier alpha value is -3.68. The lowest BCUT2D eigenvalue weighted by molar-refractivity contribution is -0.211. The molecule has 12 nitrogen and oxygen atoms in total. The van der Waals surface area contributed by atoms with E-state index in [1.54, 1.807) is 42.1 Å². The van der Waals surface area contributed by atoms with Crippen molar-refractivity contribution >= 4 is 51.8 Å². The van der Waals surface area contributed by atoms with Crippen LogP contribution in [0.2, 0.25) is 10.0 Å². The highest BCUT2D eigenvalue weighted by Gasteiger charge is 2.26. The Morgan fingerprint density at radius 2 is 1.90 bits per heavy atom. The van der Waals surface area contributed by atoms with Crippen LogP contribution >= 0.6 is 23.2 Å². The number of halogens is 2. The smallest absolute Gasteiger partial charge is 0.293 e. The maximum absolute atomic E-state index is 13.6. The summed E-state index contributed by atoms with van der Waals surface area (Å²) in [6, 6.07) is 8.02. The molecule has 14 heteroatoms. The van der Waals surface area contributed by atoms with E-state index in [1.807, 2.05) is 0 Å². The van der Waals surface area contributed by atoms with Crippen molar-refractivity contribution in [3.63, 3.8) is 0 Å². The van der Waals surface area contributed by atoms with Crippen LogP contribution in [0.4, 0.5) is 11.6 Å². The Balaban J connectivity index is 1.45. The molecule has 0 spiro atoms. The molecule has 1 fully saturated rings. The lowest BCUT2D eigenvalue weighted by Crippen LogP contribution is -2.45. The number of hydrogen-bond acceptors (Lipinski definition) is 9. The molecule has 1 aromatic carbocycles. The molecule has 4 aromatic rings. The molecule has 0 radical (unpaired) electrons. The van der Waals surface area contributed by atoms with E-state index in [4.69, 9.17) is 28.0 Å². The van der Waals surface area contributed by atoms with Crippen LogP contribution in [-0.2, 0) is 7.05 Å². The second kappa shape index (κ2) is 12.3. The second-order valence-corrected chi connectivity index (χ2v) is 11.1. The molecule has 1 amide bonds. The molecule has 0 saturated carbocycles. The Bertz CT molecular complexity index is 1660. The molecule has 1 unspecified atom stereocenters. The summed E-state index contributed by atoms with van der Waals surface area (Å²) < 4.78 is 2.46. The molecule has 4 heterocycles. The fraction of sp³-hybridized carbons (Fsp3) is 0.357. The van der Waals surface area contributed by atoms with Gasteiger partial charge >= 0.3 is 0 Å². The summed E-state index contributed by atoms with van der Waals surface area (Å²) >= 11 is 12.7. The van der Waals surface area contributed by atoms with Crippen molar-refractivity contribution in [2.75, 3.05) is 38.1 Å². The van der Waals surface area contributed by atoms with E-state index < -0.39 is 18.0 Å². The standard InChI is InChI=1S/C28H31Cl2N7O5/c1-28(41,16-38)42-37-24-17(12-19(26(37)40)23-20(29)6-5-7-21(23)30)14-32-27(34-24)33-18-13-22(35(2)15-18)25(39)31-8-11-36-9-3-4-10-36/h5-7,12-15,38,41H,3-4,8-11,16H2,1-2H3,(H,31,39)(H,32,33,34). The largest absolute Gasteiger partial charge is 0.389 e. The van der Waals surface area contributed by atoms with Crippen molar-refractivity contribution in [2.45, 2.75) is 25.6 Å². The van der Waals surface area contributed by atoms with Crippen LogP contribution < -0.4 is 21.0 Å². The first-order chi connectivity index (χ1) is 20.1. The first kappa shape index (κ1) is 29.8. The number of amides is 1. The molecule has 42 heavy (non-hydrogen) atoms. The molecule has 3 aromatic heterocycles. The lowest BCUT2D eigenvalue weighted by atomic mass is 10.1. The van der Waals surface area contributed by atoms with Crippen molar-refractivity contribution in [2.24, 2.45) is 7.05 Å².